The lowest BCUT2D eigenvalue weighted by Crippen LogP contribution is -2.08. The van der Waals surface area contributed by atoms with Gasteiger partial charge in [0.1, 0.15) is 5.75 Å². The van der Waals surface area contributed by atoms with Crippen LogP contribution in [0, 0.1) is 0 Å². The highest BCUT2D eigenvalue weighted by Gasteiger charge is 2.11. The smallest absolute Gasteiger partial charge is 0.247 e. The largest absolute Gasteiger partial charge is 0.497 e. The van der Waals surface area contributed by atoms with Gasteiger partial charge in [0.2, 0.25) is 5.88 Å². The van der Waals surface area contributed by atoms with Crippen molar-refractivity contribution in [3.05, 3.63) is 18.2 Å². The molecule has 0 atom stereocenters. The summed E-state index contributed by atoms with van der Waals surface area (Å²) in [7, 11) is 1.64. The Morgan fingerprint density at radius 1 is 1.17 bits per heavy atom. The molecule has 0 fully saturated rings. The second kappa shape index (κ2) is 5.44. The SMILES string of the molecule is COc1ccc2nc(OC(C)C)c(SC)nc2c1. The summed E-state index contributed by atoms with van der Waals surface area (Å²) in [5.41, 5.74) is 1.62. The lowest BCUT2D eigenvalue weighted by atomic mass is 10.3. The summed E-state index contributed by atoms with van der Waals surface area (Å²) < 4.78 is 10.9. The first kappa shape index (κ1) is 13.0. The molecule has 1 heterocycles. The van der Waals surface area contributed by atoms with Gasteiger partial charge in [-0.15, -0.1) is 11.8 Å². The highest BCUT2D eigenvalue weighted by Crippen LogP contribution is 2.28. The van der Waals surface area contributed by atoms with Gasteiger partial charge in [-0.05, 0) is 32.2 Å². The molecule has 0 N–H and O–H groups in total. The van der Waals surface area contributed by atoms with Crippen LogP contribution in [0.4, 0.5) is 0 Å². The third-order valence-electron chi connectivity index (χ3n) is 2.35. The molecule has 0 amide bonds. The summed E-state index contributed by atoms with van der Waals surface area (Å²) in [6, 6.07) is 5.63. The first-order valence-electron chi connectivity index (χ1n) is 5.70. The third-order valence-corrected chi connectivity index (χ3v) is 3.00. The molecule has 2 rings (SSSR count). The van der Waals surface area contributed by atoms with Crippen molar-refractivity contribution < 1.29 is 9.47 Å². The van der Waals surface area contributed by atoms with Gasteiger partial charge in [-0.1, -0.05) is 0 Å². The standard InChI is InChI=1S/C13H16N2O2S/c1-8(2)17-12-13(18-4)15-11-7-9(16-3)5-6-10(11)14-12/h5-8H,1-4H3. The average molecular weight is 264 g/mol. The van der Waals surface area contributed by atoms with Gasteiger partial charge in [0, 0.05) is 6.07 Å². The van der Waals surface area contributed by atoms with Crippen LogP contribution in [0.15, 0.2) is 23.2 Å². The van der Waals surface area contributed by atoms with Crippen LogP contribution in [0.1, 0.15) is 13.8 Å². The Balaban J connectivity index is 2.53. The van der Waals surface area contributed by atoms with Crippen molar-refractivity contribution in [3.63, 3.8) is 0 Å². The van der Waals surface area contributed by atoms with Crippen LogP contribution in [0.25, 0.3) is 11.0 Å². The highest BCUT2D eigenvalue weighted by molar-refractivity contribution is 7.98. The molecule has 0 bridgehead atoms. The zero-order valence-corrected chi connectivity index (χ0v) is 11.7. The Bertz CT molecular complexity index is 558. The van der Waals surface area contributed by atoms with Crippen molar-refractivity contribution in [2.45, 2.75) is 25.0 Å². The van der Waals surface area contributed by atoms with Crippen LogP contribution >= 0.6 is 11.8 Å². The van der Waals surface area contributed by atoms with E-state index >= 15 is 0 Å². The van der Waals surface area contributed by atoms with E-state index in [4.69, 9.17) is 9.47 Å². The van der Waals surface area contributed by atoms with Crippen molar-refractivity contribution >= 4 is 22.8 Å². The number of hydrogen-bond acceptors (Lipinski definition) is 5. The molecule has 1 aromatic carbocycles. The molecule has 0 unspecified atom stereocenters. The third kappa shape index (κ3) is 2.67. The summed E-state index contributed by atoms with van der Waals surface area (Å²) in [5, 5.41) is 0.796. The molecule has 0 radical (unpaired) electrons. The quantitative estimate of drug-likeness (QED) is 0.794. The van der Waals surface area contributed by atoms with Crippen LogP contribution in [0.5, 0.6) is 11.6 Å². The second-order valence-corrected chi connectivity index (χ2v) is 4.85. The molecule has 1 aromatic heterocycles. The number of thioether (sulfide) groups is 1. The van der Waals surface area contributed by atoms with Crippen LogP contribution in [0.2, 0.25) is 0 Å². The fourth-order valence-electron chi connectivity index (χ4n) is 1.56. The number of ether oxygens (including phenoxy) is 2. The molecule has 96 valence electrons. The Morgan fingerprint density at radius 3 is 2.56 bits per heavy atom. The Morgan fingerprint density at radius 2 is 1.94 bits per heavy atom. The van der Waals surface area contributed by atoms with Crippen LogP contribution < -0.4 is 9.47 Å². The maximum Gasteiger partial charge on any atom is 0.247 e. The molecule has 18 heavy (non-hydrogen) atoms. The zero-order chi connectivity index (χ0) is 13.1. The average Bonchev–Trinajstić information content (AvgIpc) is 2.36. The molecule has 0 aliphatic heterocycles. The topological polar surface area (TPSA) is 44.2 Å². The Labute approximate surface area is 111 Å². The first-order valence-corrected chi connectivity index (χ1v) is 6.93. The lowest BCUT2D eigenvalue weighted by Gasteiger charge is -2.12. The van der Waals surface area contributed by atoms with E-state index in [0.29, 0.717) is 5.88 Å². The van der Waals surface area contributed by atoms with Crippen molar-refractivity contribution in [2.75, 3.05) is 13.4 Å². The van der Waals surface area contributed by atoms with Gasteiger partial charge in [0.15, 0.2) is 5.03 Å². The van der Waals surface area contributed by atoms with E-state index in [0.717, 1.165) is 21.8 Å². The molecule has 5 heteroatoms. The number of fused-ring (bicyclic) bond motifs is 1. The monoisotopic (exact) mass is 264 g/mol. The zero-order valence-electron chi connectivity index (χ0n) is 10.9. The second-order valence-electron chi connectivity index (χ2n) is 4.06. The minimum Gasteiger partial charge on any atom is -0.497 e. The maximum atomic E-state index is 5.68. The van der Waals surface area contributed by atoms with Crippen molar-refractivity contribution in [1.82, 2.24) is 9.97 Å². The molecule has 0 aliphatic rings. The number of nitrogens with zero attached hydrogens (tertiary/aromatic N) is 2. The van der Waals surface area contributed by atoms with E-state index in [1.165, 1.54) is 11.8 Å². The predicted octanol–water partition coefficient (Wildman–Crippen LogP) is 3.15. The molecule has 0 saturated carbocycles. The van der Waals surface area contributed by atoms with E-state index in [9.17, 15) is 0 Å². The minimum absolute atomic E-state index is 0.0842. The number of methoxy groups -OCH3 is 1. The van der Waals surface area contributed by atoms with E-state index in [2.05, 4.69) is 9.97 Å². The molecule has 2 aromatic rings. The fraction of sp³-hybridized carbons (Fsp3) is 0.385. The van der Waals surface area contributed by atoms with Crippen LogP contribution in [-0.4, -0.2) is 29.4 Å². The number of aromatic nitrogens is 2. The fourth-order valence-corrected chi connectivity index (χ4v) is 2.02. The van der Waals surface area contributed by atoms with Crippen LogP contribution in [0.3, 0.4) is 0 Å². The molecular weight excluding hydrogens is 248 g/mol. The maximum absolute atomic E-state index is 5.68. The van der Waals surface area contributed by atoms with E-state index in [-0.39, 0.29) is 6.10 Å². The van der Waals surface area contributed by atoms with Crippen molar-refractivity contribution in [2.24, 2.45) is 0 Å². The van der Waals surface area contributed by atoms with Gasteiger partial charge < -0.3 is 9.47 Å². The van der Waals surface area contributed by atoms with Crippen molar-refractivity contribution in [3.8, 4) is 11.6 Å². The normalized spacial score (nSPS) is 10.9. The molecule has 4 nitrogen and oxygen atoms in total. The van der Waals surface area contributed by atoms with Gasteiger partial charge in [0.05, 0.1) is 24.2 Å². The Hall–Kier alpha value is -1.49. The van der Waals surface area contributed by atoms with Crippen LogP contribution in [-0.2, 0) is 0 Å². The lowest BCUT2D eigenvalue weighted by molar-refractivity contribution is 0.225. The van der Waals surface area contributed by atoms with Gasteiger partial charge in [-0.3, -0.25) is 0 Å². The van der Waals surface area contributed by atoms with E-state index < -0.39 is 0 Å². The van der Waals surface area contributed by atoms with Gasteiger partial charge >= 0.3 is 0 Å². The van der Waals surface area contributed by atoms with Gasteiger partial charge in [-0.2, -0.15) is 0 Å². The van der Waals surface area contributed by atoms with Gasteiger partial charge in [0.25, 0.3) is 0 Å². The molecule has 0 spiro atoms. The summed E-state index contributed by atoms with van der Waals surface area (Å²) in [4.78, 5) is 9.05. The molecule has 0 aliphatic carbocycles. The number of rotatable bonds is 4. The number of hydrogen-bond donors (Lipinski definition) is 0. The number of benzene rings is 1. The van der Waals surface area contributed by atoms with Crippen molar-refractivity contribution in [1.29, 1.82) is 0 Å². The van der Waals surface area contributed by atoms with E-state index in [1.54, 1.807) is 7.11 Å². The Kier molecular flexibility index (Phi) is 3.91. The van der Waals surface area contributed by atoms with E-state index in [1.807, 2.05) is 38.3 Å². The first-order chi connectivity index (χ1) is 8.63. The molecular formula is C13H16N2O2S. The minimum atomic E-state index is 0.0842. The summed E-state index contributed by atoms with van der Waals surface area (Å²) >= 11 is 1.53. The summed E-state index contributed by atoms with van der Waals surface area (Å²) in [6.07, 6.45) is 2.05. The van der Waals surface area contributed by atoms with Gasteiger partial charge in [-0.25, -0.2) is 9.97 Å². The highest BCUT2D eigenvalue weighted by atomic mass is 32.2. The summed E-state index contributed by atoms with van der Waals surface area (Å²) in [5.74, 6) is 1.37. The predicted molar refractivity (Wildman–Crippen MR) is 73.6 cm³/mol. The summed E-state index contributed by atoms with van der Waals surface area (Å²) in [6.45, 7) is 3.95. The molecule has 0 saturated heterocycles.